The minimum absolute atomic E-state index is 0.0303. The predicted molar refractivity (Wildman–Crippen MR) is 119 cm³/mol. The van der Waals surface area contributed by atoms with E-state index in [1.54, 1.807) is 48.5 Å². The van der Waals surface area contributed by atoms with Gasteiger partial charge in [0.2, 0.25) is 5.91 Å². The number of nitrogens with zero attached hydrogens (tertiary/aromatic N) is 3. The number of azo groups is 1. The van der Waals surface area contributed by atoms with Gasteiger partial charge in [-0.2, -0.15) is 10.2 Å². The molecule has 1 heterocycles. The number of aliphatic hydroxyl groups is 1. The Morgan fingerprint density at radius 3 is 2.12 bits per heavy atom. The average Bonchev–Trinajstić information content (AvgIpc) is 3.22. The number of carbonyl (C=O) groups excluding carboxylic acids is 2. The van der Waals surface area contributed by atoms with Crippen LogP contribution in [0.1, 0.15) is 6.42 Å². The molecule has 1 aliphatic heterocycles. The fourth-order valence-corrected chi connectivity index (χ4v) is 3.36. The van der Waals surface area contributed by atoms with Crippen molar-refractivity contribution in [2.45, 2.75) is 18.6 Å². The number of ether oxygens (including phenoxy) is 1. The second-order valence-corrected chi connectivity index (χ2v) is 7.31. The predicted octanol–water partition coefficient (Wildman–Crippen LogP) is 4.67. The molecular formula is C24H22N4O4. The molecule has 2 N–H and O–H groups in total. The van der Waals surface area contributed by atoms with Crippen LogP contribution in [-0.2, 0) is 4.79 Å². The van der Waals surface area contributed by atoms with Crippen LogP contribution in [0.4, 0.5) is 21.9 Å². The minimum Gasteiger partial charge on any atom is -0.410 e. The maximum atomic E-state index is 12.8. The van der Waals surface area contributed by atoms with Crippen molar-refractivity contribution in [2.24, 2.45) is 10.2 Å². The summed E-state index contributed by atoms with van der Waals surface area (Å²) in [6.45, 7) is 0.0303. The van der Waals surface area contributed by atoms with Crippen LogP contribution in [0.3, 0.4) is 0 Å². The van der Waals surface area contributed by atoms with Gasteiger partial charge in [0.15, 0.2) is 0 Å². The Morgan fingerprint density at radius 2 is 1.47 bits per heavy atom. The van der Waals surface area contributed by atoms with Gasteiger partial charge in [0.1, 0.15) is 11.8 Å². The third-order valence-corrected chi connectivity index (χ3v) is 4.94. The number of rotatable bonds is 5. The molecule has 162 valence electrons. The molecule has 0 bridgehead atoms. The van der Waals surface area contributed by atoms with Crippen molar-refractivity contribution >= 4 is 29.1 Å². The van der Waals surface area contributed by atoms with Crippen LogP contribution in [0, 0.1) is 0 Å². The highest BCUT2D eigenvalue weighted by Crippen LogP contribution is 2.24. The van der Waals surface area contributed by atoms with Gasteiger partial charge in [-0.1, -0.05) is 36.4 Å². The number of benzene rings is 3. The van der Waals surface area contributed by atoms with E-state index >= 15 is 0 Å². The van der Waals surface area contributed by atoms with E-state index in [0.717, 1.165) is 5.69 Å². The number of carbonyl (C=O) groups is 2. The summed E-state index contributed by atoms with van der Waals surface area (Å²) in [7, 11) is 0. The Labute approximate surface area is 185 Å². The summed E-state index contributed by atoms with van der Waals surface area (Å²) in [5.41, 5.74) is 1.93. The Morgan fingerprint density at radius 1 is 0.875 bits per heavy atom. The first-order chi connectivity index (χ1) is 15.6. The van der Waals surface area contributed by atoms with Gasteiger partial charge in [-0.25, -0.2) is 4.79 Å². The molecule has 2 atom stereocenters. The van der Waals surface area contributed by atoms with Gasteiger partial charge in [-0.15, -0.1) is 0 Å². The first-order valence-electron chi connectivity index (χ1n) is 10.2. The van der Waals surface area contributed by atoms with Crippen LogP contribution in [-0.4, -0.2) is 40.7 Å². The fourth-order valence-electron chi connectivity index (χ4n) is 3.36. The van der Waals surface area contributed by atoms with E-state index < -0.39 is 24.1 Å². The molecular weight excluding hydrogens is 408 g/mol. The first-order valence-corrected chi connectivity index (χ1v) is 10.2. The maximum absolute atomic E-state index is 12.8. The van der Waals surface area contributed by atoms with Crippen LogP contribution in [0.25, 0.3) is 0 Å². The number of amides is 2. The maximum Gasteiger partial charge on any atom is 0.416 e. The van der Waals surface area contributed by atoms with Crippen LogP contribution in [0.2, 0.25) is 0 Å². The number of β-amino-alcohol motifs (C(OH)–C–C–N with tert-alkyl or cyclic N) is 1. The lowest BCUT2D eigenvalue weighted by atomic mass is 10.2. The lowest BCUT2D eigenvalue weighted by Crippen LogP contribution is -2.44. The van der Waals surface area contributed by atoms with Crippen LogP contribution in [0.5, 0.6) is 5.75 Å². The van der Waals surface area contributed by atoms with Crippen molar-refractivity contribution in [1.29, 1.82) is 0 Å². The molecule has 32 heavy (non-hydrogen) atoms. The molecule has 0 saturated carbocycles. The SMILES string of the molecule is O=C(Nc1ccc(N=Nc2ccccc2)cc1)[C@@H]1C[C@H](O)CN1C(=O)Oc1ccccc1. The van der Waals surface area contributed by atoms with Crippen molar-refractivity contribution in [3.63, 3.8) is 0 Å². The minimum atomic E-state index is -0.835. The quantitative estimate of drug-likeness (QED) is 0.574. The number of hydrogen-bond acceptors (Lipinski definition) is 6. The van der Waals surface area contributed by atoms with E-state index in [-0.39, 0.29) is 13.0 Å². The molecule has 2 amide bonds. The molecule has 1 saturated heterocycles. The summed E-state index contributed by atoms with van der Waals surface area (Å²) in [6, 6.07) is 24.0. The molecule has 3 aromatic rings. The normalized spacial score (nSPS) is 18.0. The Hall–Kier alpha value is -4.04. The number of nitrogens with one attached hydrogen (secondary N) is 1. The van der Waals surface area contributed by atoms with Gasteiger partial charge in [0.25, 0.3) is 0 Å². The zero-order valence-electron chi connectivity index (χ0n) is 17.2. The van der Waals surface area contributed by atoms with Crippen molar-refractivity contribution in [2.75, 3.05) is 11.9 Å². The van der Waals surface area contributed by atoms with Crippen LogP contribution >= 0.6 is 0 Å². The summed E-state index contributed by atoms with van der Waals surface area (Å²) in [5, 5.41) is 21.1. The summed E-state index contributed by atoms with van der Waals surface area (Å²) in [5.74, 6) is -0.0245. The molecule has 0 aliphatic carbocycles. The van der Waals surface area contributed by atoms with Crippen molar-refractivity contribution in [3.8, 4) is 5.75 Å². The highest BCUT2D eigenvalue weighted by atomic mass is 16.6. The smallest absolute Gasteiger partial charge is 0.410 e. The first kappa shape index (κ1) is 21.2. The van der Waals surface area contributed by atoms with Gasteiger partial charge < -0.3 is 15.2 Å². The standard InChI is InChI=1S/C24H22N4O4/c29-20-15-22(28(16-20)24(31)32-21-9-5-2-6-10-21)23(30)25-17-11-13-19(14-12-17)27-26-18-7-3-1-4-8-18/h1-14,20,22,29H,15-16H2,(H,25,30)/t20-,22-/m0/s1. The Balaban J connectivity index is 1.38. The van der Waals surface area contributed by atoms with Gasteiger partial charge >= 0.3 is 6.09 Å². The topological polar surface area (TPSA) is 104 Å². The summed E-state index contributed by atoms with van der Waals surface area (Å²) >= 11 is 0. The largest absolute Gasteiger partial charge is 0.416 e. The average molecular weight is 430 g/mol. The fraction of sp³-hybridized carbons (Fsp3) is 0.167. The lowest BCUT2D eigenvalue weighted by molar-refractivity contribution is -0.119. The van der Waals surface area contributed by atoms with E-state index in [1.807, 2.05) is 36.4 Å². The molecule has 0 unspecified atom stereocenters. The third-order valence-electron chi connectivity index (χ3n) is 4.94. The molecule has 8 nitrogen and oxygen atoms in total. The van der Waals surface area contributed by atoms with Gasteiger partial charge in [0.05, 0.1) is 24.0 Å². The van der Waals surface area contributed by atoms with Crippen molar-refractivity contribution in [1.82, 2.24) is 4.90 Å². The number of hydrogen-bond donors (Lipinski definition) is 2. The number of aliphatic hydroxyl groups excluding tert-OH is 1. The van der Waals surface area contributed by atoms with Gasteiger partial charge in [-0.3, -0.25) is 9.69 Å². The second kappa shape index (κ2) is 9.84. The molecule has 4 rings (SSSR count). The molecule has 3 aromatic carbocycles. The molecule has 8 heteroatoms. The lowest BCUT2D eigenvalue weighted by Gasteiger charge is -2.22. The summed E-state index contributed by atoms with van der Waals surface area (Å²) in [6.07, 6.45) is -1.33. The summed E-state index contributed by atoms with van der Waals surface area (Å²) in [4.78, 5) is 26.6. The van der Waals surface area contributed by atoms with Crippen LogP contribution in [0.15, 0.2) is 95.2 Å². The van der Waals surface area contributed by atoms with Crippen molar-refractivity contribution in [3.05, 3.63) is 84.9 Å². The molecule has 0 radical (unpaired) electrons. The van der Waals surface area contributed by atoms with E-state index in [2.05, 4.69) is 15.5 Å². The second-order valence-electron chi connectivity index (χ2n) is 7.31. The summed E-state index contributed by atoms with van der Waals surface area (Å²) < 4.78 is 5.33. The monoisotopic (exact) mass is 430 g/mol. The zero-order valence-corrected chi connectivity index (χ0v) is 17.2. The van der Waals surface area contributed by atoms with Gasteiger partial charge in [-0.05, 0) is 48.5 Å². The number of likely N-dealkylation sites (tertiary alicyclic amines) is 1. The third kappa shape index (κ3) is 5.35. The van der Waals surface area contributed by atoms with Crippen molar-refractivity contribution < 1.29 is 19.4 Å². The molecule has 1 aliphatic rings. The van der Waals surface area contributed by atoms with E-state index in [4.69, 9.17) is 4.74 Å². The van der Waals surface area contributed by atoms with Crippen LogP contribution < -0.4 is 10.1 Å². The molecule has 1 fully saturated rings. The van der Waals surface area contributed by atoms with E-state index in [0.29, 0.717) is 17.1 Å². The Bertz CT molecular complexity index is 1090. The number of anilines is 1. The van der Waals surface area contributed by atoms with E-state index in [9.17, 15) is 14.7 Å². The Kier molecular flexibility index (Phi) is 6.52. The zero-order chi connectivity index (χ0) is 22.3. The molecule has 0 aromatic heterocycles. The van der Waals surface area contributed by atoms with E-state index in [1.165, 1.54) is 4.90 Å². The molecule has 0 spiro atoms. The highest BCUT2D eigenvalue weighted by Gasteiger charge is 2.40. The van der Waals surface area contributed by atoms with Gasteiger partial charge in [0, 0.05) is 12.1 Å². The number of para-hydroxylation sites is 1. The highest BCUT2D eigenvalue weighted by molar-refractivity contribution is 5.97.